The van der Waals surface area contributed by atoms with E-state index < -0.39 is 0 Å². The van der Waals surface area contributed by atoms with Crippen molar-refractivity contribution >= 4 is 34.2 Å². The van der Waals surface area contributed by atoms with Crippen molar-refractivity contribution < 1.29 is 9.53 Å². The molecule has 0 atom stereocenters. The molecule has 4 nitrogen and oxygen atoms in total. The first-order valence-electron chi connectivity index (χ1n) is 7.47. The Hall–Kier alpha value is -0.780. The van der Waals surface area contributed by atoms with Crippen molar-refractivity contribution in [1.29, 1.82) is 0 Å². The molecule has 3 rings (SSSR count). The van der Waals surface area contributed by atoms with Gasteiger partial charge in [0.05, 0.1) is 12.7 Å². The molecule has 1 N–H and O–H groups in total. The van der Waals surface area contributed by atoms with Crippen LogP contribution in [-0.4, -0.2) is 44.1 Å². The van der Waals surface area contributed by atoms with E-state index in [0.717, 1.165) is 42.8 Å². The van der Waals surface area contributed by atoms with Crippen molar-refractivity contribution in [2.45, 2.75) is 19.3 Å². The van der Waals surface area contributed by atoms with E-state index in [-0.39, 0.29) is 18.3 Å². The molecule has 0 saturated carbocycles. The summed E-state index contributed by atoms with van der Waals surface area (Å²) in [5, 5.41) is 3.41. The van der Waals surface area contributed by atoms with Gasteiger partial charge in [0, 0.05) is 17.6 Å². The molecule has 0 aliphatic carbocycles. The van der Waals surface area contributed by atoms with E-state index in [2.05, 4.69) is 21.2 Å². The van der Waals surface area contributed by atoms with Gasteiger partial charge in [-0.25, -0.2) is 0 Å². The predicted octanol–water partition coefficient (Wildman–Crippen LogP) is 3.10. The van der Waals surface area contributed by atoms with Crippen LogP contribution >= 0.6 is 28.3 Å². The Kier molecular flexibility index (Phi) is 5.75. The monoisotopic (exact) mass is 388 g/mol. The molecule has 2 aliphatic heterocycles. The number of carbonyl (C=O) groups excluding carboxylic acids is 1. The van der Waals surface area contributed by atoms with Crippen molar-refractivity contribution in [2.24, 2.45) is 5.41 Å². The van der Waals surface area contributed by atoms with Gasteiger partial charge in [-0.1, -0.05) is 0 Å². The summed E-state index contributed by atoms with van der Waals surface area (Å²) in [6.45, 7) is 3.90. The predicted molar refractivity (Wildman–Crippen MR) is 93.0 cm³/mol. The number of carbonyl (C=O) groups is 1. The van der Waals surface area contributed by atoms with Crippen molar-refractivity contribution in [2.75, 3.05) is 33.3 Å². The molecule has 2 heterocycles. The number of nitrogens with zero attached hydrogens (tertiary/aromatic N) is 1. The van der Waals surface area contributed by atoms with Gasteiger partial charge >= 0.3 is 0 Å². The van der Waals surface area contributed by atoms with Crippen LogP contribution in [0.2, 0.25) is 0 Å². The Bertz CT molecular complexity index is 547. The number of benzene rings is 1. The van der Waals surface area contributed by atoms with Gasteiger partial charge in [0.2, 0.25) is 0 Å². The van der Waals surface area contributed by atoms with Crippen LogP contribution in [0.25, 0.3) is 0 Å². The number of nitrogens with one attached hydrogen (secondary N) is 1. The zero-order valence-corrected chi connectivity index (χ0v) is 15.1. The first-order valence-corrected chi connectivity index (χ1v) is 8.26. The fourth-order valence-electron chi connectivity index (χ4n) is 3.44. The number of rotatable bonds is 2. The first kappa shape index (κ1) is 17.6. The minimum Gasteiger partial charge on any atom is -0.497 e. The Labute approximate surface area is 146 Å². The van der Waals surface area contributed by atoms with Crippen molar-refractivity contribution in [3.8, 4) is 5.75 Å². The highest BCUT2D eigenvalue weighted by atomic mass is 79.9. The minimum atomic E-state index is 0. The summed E-state index contributed by atoms with van der Waals surface area (Å²) in [4.78, 5) is 14.8. The summed E-state index contributed by atoms with van der Waals surface area (Å²) < 4.78 is 6.07. The SMILES string of the molecule is COc1ccc(Br)c(C(=O)N2CCC3(CCNCC3)C2)c1.Cl. The van der Waals surface area contributed by atoms with Gasteiger partial charge in [0.25, 0.3) is 5.91 Å². The van der Waals surface area contributed by atoms with Crippen LogP contribution in [0.4, 0.5) is 0 Å². The van der Waals surface area contributed by atoms with E-state index in [4.69, 9.17) is 4.74 Å². The molecule has 1 aromatic carbocycles. The highest BCUT2D eigenvalue weighted by Gasteiger charge is 2.40. The molecular formula is C16H22BrClN2O2. The van der Waals surface area contributed by atoms with E-state index in [1.165, 1.54) is 12.8 Å². The molecule has 122 valence electrons. The lowest BCUT2D eigenvalue weighted by Gasteiger charge is -2.33. The number of hydrogen-bond donors (Lipinski definition) is 1. The molecule has 22 heavy (non-hydrogen) atoms. The number of amides is 1. The highest BCUT2D eigenvalue weighted by molar-refractivity contribution is 9.10. The summed E-state index contributed by atoms with van der Waals surface area (Å²) >= 11 is 3.48. The first-order chi connectivity index (χ1) is 10.1. The van der Waals surface area contributed by atoms with Crippen LogP contribution in [0.5, 0.6) is 5.75 Å². The van der Waals surface area contributed by atoms with Crippen LogP contribution in [-0.2, 0) is 0 Å². The van der Waals surface area contributed by atoms with Gasteiger partial charge < -0.3 is 15.0 Å². The maximum absolute atomic E-state index is 12.8. The molecule has 1 amide bonds. The van der Waals surface area contributed by atoms with Crippen molar-refractivity contribution in [3.63, 3.8) is 0 Å². The molecule has 1 spiro atoms. The van der Waals surface area contributed by atoms with Crippen LogP contribution in [0, 0.1) is 5.41 Å². The van der Waals surface area contributed by atoms with Gasteiger partial charge in [0.15, 0.2) is 0 Å². The summed E-state index contributed by atoms with van der Waals surface area (Å²) in [6, 6.07) is 5.56. The summed E-state index contributed by atoms with van der Waals surface area (Å²) in [6.07, 6.45) is 3.48. The number of halogens is 2. The molecular weight excluding hydrogens is 368 g/mol. The standard InChI is InChI=1S/C16H21BrN2O2.ClH/c1-21-12-2-3-14(17)13(10-12)15(20)19-9-6-16(11-19)4-7-18-8-5-16;/h2-3,10,18H,4-9,11H2,1H3;1H. The third kappa shape index (κ3) is 3.42. The molecule has 2 aliphatic rings. The normalized spacial score (nSPS) is 19.8. The molecule has 0 unspecified atom stereocenters. The number of piperidine rings is 1. The third-order valence-electron chi connectivity index (χ3n) is 4.79. The van der Waals surface area contributed by atoms with Crippen LogP contribution < -0.4 is 10.1 Å². The summed E-state index contributed by atoms with van der Waals surface area (Å²) in [7, 11) is 1.62. The Morgan fingerprint density at radius 2 is 2.05 bits per heavy atom. The molecule has 1 aromatic rings. The fraction of sp³-hybridized carbons (Fsp3) is 0.562. The third-order valence-corrected chi connectivity index (χ3v) is 5.49. The Morgan fingerprint density at radius 1 is 1.32 bits per heavy atom. The molecule has 0 radical (unpaired) electrons. The maximum atomic E-state index is 12.8. The van der Waals surface area contributed by atoms with Crippen LogP contribution in [0.1, 0.15) is 29.6 Å². The average molecular weight is 390 g/mol. The smallest absolute Gasteiger partial charge is 0.255 e. The second kappa shape index (κ2) is 7.20. The minimum absolute atomic E-state index is 0. The summed E-state index contributed by atoms with van der Waals surface area (Å²) in [5.41, 5.74) is 1.03. The lowest BCUT2D eigenvalue weighted by Crippen LogP contribution is -2.39. The van der Waals surface area contributed by atoms with E-state index in [1.54, 1.807) is 7.11 Å². The van der Waals surface area contributed by atoms with Crippen molar-refractivity contribution in [1.82, 2.24) is 10.2 Å². The maximum Gasteiger partial charge on any atom is 0.255 e. The summed E-state index contributed by atoms with van der Waals surface area (Å²) in [5.74, 6) is 0.827. The van der Waals surface area contributed by atoms with Gasteiger partial charge in [-0.15, -0.1) is 12.4 Å². The number of ether oxygens (including phenoxy) is 1. The Balaban J connectivity index is 0.00000176. The molecule has 6 heteroatoms. The lowest BCUT2D eigenvalue weighted by atomic mass is 9.78. The van der Waals surface area contributed by atoms with Crippen LogP contribution in [0.15, 0.2) is 22.7 Å². The fourth-order valence-corrected chi connectivity index (χ4v) is 3.86. The second-order valence-corrected chi connectivity index (χ2v) is 6.93. The topological polar surface area (TPSA) is 41.6 Å². The number of hydrogen-bond acceptors (Lipinski definition) is 3. The quantitative estimate of drug-likeness (QED) is 0.845. The van der Waals surface area contributed by atoms with Gasteiger partial charge in [-0.05, 0) is 71.9 Å². The van der Waals surface area contributed by atoms with E-state index >= 15 is 0 Å². The largest absolute Gasteiger partial charge is 0.497 e. The highest BCUT2D eigenvalue weighted by Crippen LogP contribution is 2.39. The van der Waals surface area contributed by atoms with Gasteiger partial charge in [-0.3, -0.25) is 4.79 Å². The Morgan fingerprint density at radius 3 is 2.73 bits per heavy atom. The zero-order chi connectivity index (χ0) is 14.9. The van der Waals surface area contributed by atoms with Crippen molar-refractivity contribution in [3.05, 3.63) is 28.2 Å². The lowest BCUT2D eigenvalue weighted by molar-refractivity contribution is 0.0760. The van der Waals surface area contributed by atoms with Crippen LogP contribution in [0.3, 0.4) is 0 Å². The number of methoxy groups -OCH3 is 1. The van der Waals surface area contributed by atoms with E-state index in [1.807, 2.05) is 23.1 Å². The zero-order valence-electron chi connectivity index (χ0n) is 12.7. The second-order valence-electron chi connectivity index (χ2n) is 6.07. The van der Waals surface area contributed by atoms with E-state index in [0.29, 0.717) is 11.0 Å². The molecule has 2 fully saturated rings. The number of likely N-dealkylation sites (tertiary alicyclic amines) is 1. The molecule has 0 aromatic heterocycles. The van der Waals surface area contributed by atoms with E-state index in [9.17, 15) is 4.79 Å². The molecule has 2 saturated heterocycles. The van der Waals surface area contributed by atoms with Gasteiger partial charge in [0.1, 0.15) is 5.75 Å². The molecule has 0 bridgehead atoms. The average Bonchev–Trinajstić information content (AvgIpc) is 2.91. The van der Waals surface area contributed by atoms with Gasteiger partial charge in [-0.2, -0.15) is 0 Å².